The molecule has 0 amide bonds. The van der Waals surface area contributed by atoms with Crippen LogP contribution in [-0.4, -0.2) is 28.3 Å². The number of aliphatic carboxylic acids is 1. The van der Waals surface area contributed by atoms with E-state index in [1.165, 1.54) is 0 Å². The Balaban J connectivity index is 1.52. The van der Waals surface area contributed by atoms with Crippen LogP contribution in [0.5, 0.6) is 5.75 Å². The molecule has 2 heterocycles. The summed E-state index contributed by atoms with van der Waals surface area (Å²) in [6.07, 6.45) is 1.59. The van der Waals surface area contributed by atoms with Crippen LogP contribution in [0.2, 0.25) is 0 Å². The van der Waals surface area contributed by atoms with Gasteiger partial charge in [-0.3, -0.25) is 0 Å². The Morgan fingerprint density at radius 1 is 1.34 bits per heavy atom. The summed E-state index contributed by atoms with van der Waals surface area (Å²) in [6.45, 7) is 5.95. The number of fused-ring (bicyclic) bond motifs is 1. The Kier molecular flexibility index (Phi) is 5.61. The molecule has 3 aromatic rings. The van der Waals surface area contributed by atoms with Gasteiger partial charge in [-0.1, -0.05) is 6.07 Å². The predicted molar refractivity (Wildman–Crippen MR) is 111 cm³/mol. The van der Waals surface area contributed by atoms with Crippen LogP contribution in [0.15, 0.2) is 28.0 Å². The maximum atomic E-state index is 11.6. The fraction of sp³-hybridized carbons (Fsp3) is 0.455. The van der Waals surface area contributed by atoms with E-state index in [2.05, 4.69) is 4.98 Å². The SMILES string of the molecule is Cc1oc(C2CC2)nc1COc1ccc(CC(OC(C)C)C(=O)O)c2sccc12. The summed E-state index contributed by atoms with van der Waals surface area (Å²) in [7, 11) is 0. The zero-order valence-corrected chi connectivity index (χ0v) is 17.6. The zero-order valence-electron chi connectivity index (χ0n) is 16.8. The highest BCUT2D eigenvalue weighted by molar-refractivity contribution is 7.17. The number of ether oxygens (including phenoxy) is 2. The third-order valence-electron chi connectivity index (χ3n) is 4.98. The van der Waals surface area contributed by atoms with Crippen molar-refractivity contribution in [1.29, 1.82) is 0 Å². The minimum absolute atomic E-state index is 0.149. The number of thiophene rings is 1. The summed E-state index contributed by atoms with van der Waals surface area (Å²) in [6, 6.07) is 5.83. The van der Waals surface area contributed by atoms with Gasteiger partial charge >= 0.3 is 5.97 Å². The van der Waals surface area contributed by atoms with Gasteiger partial charge in [0.15, 0.2) is 12.0 Å². The number of rotatable bonds is 9. The minimum atomic E-state index is -0.947. The highest BCUT2D eigenvalue weighted by Gasteiger charge is 2.29. The first-order valence-corrected chi connectivity index (χ1v) is 10.8. The van der Waals surface area contributed by atoms with Crippen LogP contribution in [0, 0.1) is 6.92 Å². The molecule has 1 aliphatic carbocycles. The van der Waals surface area contributed by atoms with E-state index in [0.717, 1.165) is 51.6 Å². The van der Waals surface area contributed by atoms with Gasteiger partial charge in [-0.05, 0) is 56.7 Å². The lowest BCUT2D eigenvalue weighted by molar-refractivity contribution is -0.153. The molecular weight excluding hydrogens is 390 g/mol. The largest absolute Gasteiger partial charge is 0.486 e. The average Bonchev–Trinajstić information content (AvgIpc) is 3.27. The van der Waals surface area contributed by atoms with Crippen molar-refractivity contribution in [3.63, 3.8) is 0 Å². The number of carboxylic acid groups (broad SMARTS) is 1. The molecule has 0 saturated heterocycles. The first-order valence-electron chi connectivity index (χ1n) is 9.88. The van der Waals surface area contributed by atoms with Crippen molar-refractivity contribution in [2.24, 2.45) is 0 Å². The lowest BCUT2D eigenvalue weighted by Crippen LogP contribution is -2.29. The van der Waals surface area contributed by atoms with Gasteiger partial charge < -0.3 is 19.0 Å². The van der Waals surface area contributed by atoms with E-state index in [4.69, 9.17) is 13.9 Å². The van der Waals surface area contributed by atoms with Crippen molar-refractivity contribution < 1.29 is 23.8 Å². The standard InChI is InChI=1S/C22H25NO5S/c1-12(2)27-19(22(24)25)10-15-6-7-18(16-8-9-29-20(15)16)26-11-17-13(3)28-21(23-17)14-4-5-14/h6-9,12,14,19H,4-5,10-11H2,1-3H3,(H,24,25). The van der Waals surface area contributed by atoms with Crippen molar-refractivity contribution in [2.45, 2.75) is 64.8 Å². The minimum Gasteiger partial charge on any atom is -0.486 e. The van der Waals surface area contributed by atoms with E-state index in [0.29, 0.717) is 18.9 Å². The molecule has 29 heavy (non-hydrogen) atoms. The third-order valence-corrected chi connectivity index (χ3v) is 5.97. The quantitative estimate of drug-likeness (QED) is 0.525. The second kappa shape index (κ2) is 8.16. The van der Waals surface area contributed by atoms with Crippen molar-refractivity contribution in [1.82, 2.24) is 4.98 Å². The Bertz CT molecular complexity index is 1020. The van der Waals surface area contributed by atoms with E-state index < -0.39 is 12.1 Å². The molecule has 1 aliphatic rings. The molecule has 6 nitrogen and oxygen atoms in total. The Morgan fingerprint density at radius 2 is 2.14 bits per heavy atom. The molecule has 1 N–H and O–H groups in total. The molecule has 0 spiro atoms. The van der Waals surface area contributed by atoms with Gasteiger partial charge in [0.25, 0.3) is 0 Å². The molecule has 1 fully saturated rings. The summed E-state index contributed by atoms with van der Waals surface area (Å²) >= 11 is 1.58. The van der Waals surface area contributed by atoms with Crippen LogP contribution >= 0.6 is 11.3 Å². The van der Waals surface area contributed by atoms with Crippen LogP contribution in [0.25, 0.3) is 10.1 Å². The van der Waals surface area contributed by atoms with E-state index in [1.54, 1.807) is 11.3 Å². The molecule has 1 atom stereocenters. The Hall–Kier alpha value is -2.38. The number of aryl methyl sites for hydroxylation is 1. The third kappa shape index (κ3) is 4.46. The number of hydrogen-bond acceptors (Lipinski definition) is 6. The smallest absolute Gasteiger partial charge is 0.333 e. The summed E-state index contributed by atoms with van der Waals surface area (Å²) in [5.41, 5.74) is 1.78. The van der Waals surface area contributed by atoms with Crippen LogP contribution < -0.4 is 4.74 Å². The average molecular weight is 416 g/mol. The van der Waals surface area contributed by atoms with Gasteiger partial charge in [-0.25, -0.2) is 9.78 Å². The van der Waals surface area contributed by atoms with Crippen LogP contribution in [0.1, 0.15) is 55.5 Å². The molecule has 0 bridgehead atoms. The normalized spacial score (nSPS) is 15.2. The highest BCUT2D eigenvalue weighted by atomic mass is 32.1. The van der Waals surface area contributed by atoms with E-state index in [1.807, 2.05) is 44.4 Å². The first kappa shape index (κ1) is 19.9. The predicted octanol–water partition coefficient (Wildman–Crippen LogP) is 5.07. The van der Waals surface area contributed by atoms with Gasteiger partial charge in [-0.2, -0.15) is 0 Å². The summed E-state index contributed by atoms with van der Waals surface area (Å²) in [5, 5.41) is 12.4. The molecule has 7 heteroatoms. The van der Waals surface area contributed by atoms with E-state index >= 15 is 0 Å². The van der Waals surface area contributed by atoms with Crippen molar-refractivity contribution in [3.05, 3.63) is 46.5 Å². The molecule has 154 valence electrons. The second-order valence-corrected chi connectivity index (χ2v) is 8.64. The van der Waals surface area contributed by atoms with Gasteiger partial charge in [0.05, 0.1) is 6.10 Å². The van der Waals surface area contributed by atoms with Crippen molar-refractivity contribution in [3.8, 4) is 5.75 Å². The number of oxazole rings is 1. The van der Waals surface area contributed by atoms with Crippen molar-refractivity contribution >= 4 is 27.4 Å². The number of aromatic nitrogens is 1. The number of nitrogens with zero attached hydrogens (tertiary/aromatic N) is 1. The molecule has 0 radical (unpaired) electrons. The van der Waals surface area contributed by atoms with Crippen LogP contribution in [-0.2, 0) is 22.6 Å². The fourth-order valence-electron chi connectivity index (χ4n) is 3.34. The number of carboxylic acids is 1. The molecule has 0 aliphatic heterocycles. The molecule has 1 aromatic carbocycles. The topological polar surface area (TPSA) is 81.8 Å². The van der Waals surface area contributed by atoms with Crippen LogP contribution in [0.3, 0.4) is 0 Å². The van der Waals surface area contributed by atoms with Gasteiger partial charge in [0.1, 0.15) is 23.8 Å². The molecular formula is C22H25NO5S. The maximum absolute atomic E-state index is 11.6. The van der Waals surface area contributed by atoms with Crippen LogP contribution in [0.4, 0.5) is 0 Å². The number of hydrogen-bond donors (Lipinski definition) is 1. The monoisotopic (exact) mass is 415 g/mol. The van der Waals surface area contributed by atoms with Gasteiger partial charge in [-0.15, -0.1) is 11.3 Å². The summed E-state index contributed by atoms with van der Waals surface area (Å²) in [4.78, 5) is 16.2. The number of benzene rings is 1. The van der Waals surface area contributed by atoms with Gasteiger partial charge in [0.2, 0.25) is 0 Å². The number of carbonyl (C=O) groups is 1. The van der Waals surface area contributed by atoms with E-state index in [9.17, 15) is 9.90 Å². The molecule has 1 unspecified atom stereocenters. The van der Waals surface area contributed by atoms with Gasteiger partial charge in [0, 0.05) is 22.4 Å². The van der Waals surface area contributed by atoms with E-state index in [-0.39, 0.29) is 6.10 Å². The molecule has 2 aromatic heterocycles. The lowest BCUT2D eigenvalue weighted by atomic mass is 10.1. The zero-order chi connectivity index (χ0) is 20.5. The van der Waals surface area contributed by atoms with Crippen molar-refractivity contribution in [2.75, 3.05) is 0 Å². The maximum Gasteiger partial charge on any atom is 0.333 e. The summed E-state index contributed by atoms with van der Waals surface area (Å²) < 4.78 is 18.4. The summed E-state index contributed by atoms with van der Waals surface area (Å²) in [5.74, 6) is 1.91. The highest BCUT2D eigenvalue weighted by Crippen LogP contribution is 2.40. The first-order chi connectivity index (χ1) is 13.9. The fourth-order valence-corrected chi connectivity index (χ4v) is 4.28. The lowest BCUT2D eigenvalue weighted by Gasteiger charge is -2.17. The molecule has 1 saturated carbocycles. The Labute approximate surface area is 173 Å². The Morgan fingerprint density at radius 3 is 2.83 bits per heavy atom. The molecule has 4 rings (SSSR count). The second-order valence-electron chi connectivity index (χ2n) is 7.72.